The van der Waals surface area contributed by atoms with Crippen LogP contribution < -0.4 is 5.32 Å². The van der Waals surface area contributed by atoms with E-state index in [0.717, 1.165) is 36.1 Å². The van der Waals surface area contributed by atoms with E-state index >= 15 is 0 Å². The van der Waals surface area contributed by atoms with Gasteiger partial charge in [0.1, 0.15) is 5.82 Å². The molecule has 4 rings (SSSR count). The highest BCUT2D eigenvalue weighted by molar-refractivity contribution is 5.97. The first kappa shape index (κ1) is 14.7. The molecule has 2 aliphatic rings. The highest BCUT2D eigenvalue weighted by atomic mass is 16.5. The monoisotopic (exact) mass is 313 g/mol. The number of aryl methyl sites for hydroxylation is 1. The van der Waals surface area contributed by atoms with Crippen LogP contribution in [0.4, 0.5) is 0 Å². The molecule has 1 amide bonds. The molecule has 1 saturated carbocycles. The van der Waals surface area contributed by atoms with Crippen molar-refractivity contribution in [3.05, 3.63) is 29.6 Å². The lowest BCUT2D eigenvalue weighted by atomic mass is 9.82. The molecule has 23 heavy (non-hydrogen) atoms. The molecule has 2 N–H and O–H groups in total. The van der Waals surface area contributed by atoms with Crippen molar-refractivity contribution in [1.82, 2.24) is 15.3 Å². The van der Waals surface area contributed by atoms with Crippen molar-refractivity contribution < 1.29 is 9.53 Å². The predicted molar refractivity (Wildman–Crippen MR) is 88.5 cm³/mol. The van der Waals surface area contributed by atoms with Gasteiger partial charge in [0.25, 0.3) is 5.91 Å². The SMILES string of the molecule is Cc1nc2ccc(C(=O)N[C@H]3COC4(CCCCC4)C3)cc2[nH]1. The molecule has 1 atom stereocenters. The Bertz CT molecular complexity index is 731. The first-order valence-corrected chi connectivity index (χ1v) is 8.55. The van der Waals surface area contributed by atoms with Crippen LogP contribution in [0.3, 0.4) is 0 Å². The van der Waals surface area contributed by atoms with Gasteiger partial charge in [0.2, 0.25) is 0 Å². The molecule has 2 aromatic rings. The summed E-state index contributed by atoms with van der Waals surface area (Å²) in [5, 5.41) is 3.14. The molecule has 1 aromatic carbocycles. The maximum absolute atomic E-state index is 12.5. The minimum absolute atomic E-state index is 0.0272. The minimum Gasteiger partial charge on any atom is -0.373 e. The number of nitrogens with zero attached hydrogens (tertiary/aromatic N) is 1. The summed E-state index contributed by atoms with van der Waals surface area (Å²) in [6.07, 6.45) is 7.03. The van der Waals surface area contributed by atoms with Gasteiger partial charge in [0.05, 0.1) is 29.3 Å². The second-order valence-electron chi connectivity index (χ2n) is 6.98. The molecule has 0 unspecified atom stereocenters. The topological polar surface area (TPSA) is 67.0 Å². The van der Waals surface area contributed by atoms with E-state index < -0.39 is 0 Å². The third-order valence-corrected chi connectivity index (χ3v) is 5.17. The number of nitrogens with one attached hydrogen (secondary N) is 2. The van der Waals surface area contributed by atoms with Gasteiger partial charge in [-0.15, -0.1) is 0 Å². The summed E-state index contributed by atoms with van der Waals surface area (Å²) < 4.78 is 6.07. The Morgan fingerprint density at radius 2 is 2.17 bits per heavy atom. The molecular weight excluding hydrogens is 290 g/mol. The fourth-order valence-corrected chi connectivity index (χ4v) is 4.03. The fourth-order valence-electron chi connectivity index (χ4n) is 4.03. The summed E-state index contributed by atoms with van der Waals surface area (Å²) in [4.78, 5) is 20.1. The molecule has 1 aromatic heterocycles. The van der Waals surface area contributed by atoms with Crippen molar-refractivity contribution >= 4 is 16.9 Å². The quantitative estimate of drug-likeness (QED) is 0.895. The van der Waals surface area contributed by atoms with Crippen molar-refractivity contribution in [2.45, 2.75) is 57.1 Å². The normalized spacial score (nSPS) is 23.4. The average molecular weight is 313 g/mol. The standard InChI is InChI=1S/C18H23N3O2/c1-12-19-15-6-5-13(9-16(15)20-12)17(22)21-14-10-18(23-11-14)7-3-2-4-8-18/h5-6,9,14H,2-4,7-8,10-11H2,1H3,(H,19,20)(H,21,22)/t14-/m1/s1. The molecule has 5 heteroatoms. The number of aromatic amines is 1. The van der Waals surface area contributed by atoms with Crippen LogP contribution in [0.15, 0.2) is 18.2 Å². The zero-order chi connectivity index (χ0) is 15.9. The smallest absolute Gasteiger partial charge is 0.251 e. The number of imidazole rings is 1. The van der Waals surface area contributed by atoms with E-state index in [1.807, 2.05) is 25.1 Å². The number of aromatic nitrogens is 2. The summed E-state index contributed by atoms with van der Waals surface area (Å²) in [5.41, 5.74) is 2.50. The Morgan fingerprint density at radius 3 is 3.00 bits per heavy atom. The molecule has 0 radical (unpaired) electrons. The van der Waals surface area contributed by atoms with Gasteiger partial charge in [-0.1, -0.05) is 19.3 Å². The number of fused-ring (bicyclic) bond motifs is 1. The number of hydrogen-bond acceptors (Lipinski definition) is 3. The van der Waals surface area contributed by atoms with Gasteiger partial charge in [-0.2, -0.15) is 0 Å². The van der Waals surface area contributed by atoms with Crippen LogP contribution in [0.2, 0.25) is 0 Å². The maximum atomic E-state index is 12.5. The third kappa shape index (κ3) is 2.85. The van der Waals surface area contributed by atoms with E-state index in [0.29, 0.717) is 12.2 Å². The Hall–Kier alpha value is -1.88. The zero-order valence-corrected chi connectivity index (χ0v) is 13.5. The van der Waals surface area contributed by atoms with Gasteiger partial charge in [-0.3, -0.25) is 4.79 Å². The lowest BCUT2D eigenvalue weighted by Crippen LogP contribution is -2.37. The number of amides is 1. The van der Waals surface area contributed by atoms with Gasteiger partial charge in [-0.25, -0.2) is 4.98 Å². The first-order chi connectivity index (χ1) is 11.1. The van der Waals surface area contributed by atoms with Gasteiger partial charge in [-0.05, 0) is 44.4 Å². The van der Waals surface area contributed by atoms with E-state index in [4.69, 9.17) is 4.74 Å². The largest absolute Gasteiger partial charge is 0.373 e. The van der Waals surface area contributed by atoms with E-state index in [9.17, 15) is 4.79 Å². The lowest BCUT2D eigenvalue weighted by molar-refractivity contribution is -0.0246. The third-order valence-electron chi connectivity index (χ3n) is 5.17. The van der Waals surface area contributed by atoms with Crippen molar-refractivity contribution in [3.63, 3.8) is 0 Å². The number of carbonyl (C=O) groups is 1. The first-order valence-electron chi connectivity index (χ1n) is 8.55. The molecule has 2 fully saturated rings. The Balaban J connectivity index is 1.44. The Morgan fingerprint density at radius 1 is 1.35 bits per heavy atom. The predicted octanol–water partition coefficient (Wildman–Crippen LogP) is 3.09. The molecular formula is C18H23N3O2. The van der Waals surface area contributed by atoms with Gasteiger partial charge in [0, 0.05) is 5.56 Å². The average Bonchev–Trinajstić information content (AvgIpc) is 3.10. The summed E-state index contributed by atoms with van der Waals surface area (Å²) >= 11 is 0. The molecule has 2 heterocycles. The minimum atomic E-state index is -0.0272. The molecule has 1 aliphatic heterocycles. The van der Waals surface area contributed by atoms with Gasteiger partial charge in [0.15, 0.2) is 0 Å². The van der Waals surface area contributed by atoms with Crippen LogP contribution in [0.25, 0.3) is 11.0 Å². The summed E-state index contributed by atoms with van der Waals surface area (Å²) in [5.74, 6) is 0.835. The van der Waals surface area contributed by atoms with E-state index in [1.54, 1.807) is 0 Å². The van der Waals surface area contributed by atoms with Crippen LogP contribution in [-0.2, 0) is 4.74 Å². The second-order valence-corrected chi connectivity index (χ2v) is 6.98. The van der Waals surface area contributed by atoms with Crippen molar-refractivity contribution in [2.75, 3.05) is 6.61 Å². The molecule has 0 bridgehead atoms. The van der Waals surface area contributed by atoms with Crippen LogP contribution in [-0.4, -0.2) is 34.1 Å². The number of benzene rings is 1. The number of H-pyrrole nitrogens is 1. The van der Waals surface area contributed by atoms with E-state index in [1.165, 1.54) is 19.3 Å². The fraction of sp³-hybridized carbons (Fsp3) is 0.556. The summed E-state index contributed by atoms with van der Waals surface area (Å²) in [6.45, 7) is 2.55. The summed E-state index contributed by atoms with van der Waals surface area (Å²) in [6, 6.07) is 5.72. The summed E-state index contributed by atoms with van der Waals surface area (Å²) in [7, 11) is 0. The molecule has 1 aliphatic carbocycles. The highest BCUT2D eigenvalue weighted by Gasteiger charge is 2.41. The van der Waals surface area contributed by atoms with Gasteiger partial charge < -0.3 is 15.0 Å². The van der Waals surface area contributed by atoms with E-state index in [-0.39, 0.29) is 17.6 Å². The Kier molecular flexibility index (Phi) is 3.60. The molecule has 122 valence electrons. The van der Waals surface area contributed by atoms with Crippen molar-refractivity contribution in [3.8, 4) is 0 Å². The number of ether oxygens (including phenoxy) is 1. The van der Waals surface area contributed by atoms with Gasteiger partial charge >= 0.3 is 0 Å². The molecule has 1 saturated heterocycles. The van der Waals surface area contributed by atoms with E-state index in [2.05, 4.69) is 15.3 Å². The maximum Gasteiger partial charge on any atom is 0.251 e. The highest BCUT2D eigenvalue weighted by Crippen LogP contribution is 2.39. The number of rotatable bonds is 2. The molecule has 1 spiro atoms. The number of carbonyl (C=O) groups excluding carboxylic acids is 1. The van der Waals surface area contributed by atoms with Crippen molar-refractivity contribution in [1.29, 1.82) is 0 Å². The second kappa shape index (κ2) is 5.64. The Labute approximate surface area is 135 Å². The number of hydrogen-bond donors (Lipinski definition) is 2. The van der Waals surface area contributed by atoms with Crippen LogP contribution in [0.1, 0.15) is 54.7 Å². The van der Waals surface area contributed by atoms with Crippen LogP contribution in [0.5, 0.6) is 0 Å². The zero-order valence-electron chi connectivity index (χ0n) is 13.5. The molecule has 5 nitrogen and oxygen atoms in total. The van der Waals surface area contributed by atoms with Crippen LogP contribution in [0, 0.1) is 6.92 Å². The van der Waals surface area contributed by atoms with Crippen LogP contribution >= 0.6 is 0 Å². The van der Waals surface area contributed by atoms with Crippen molar-refractivity contribution in [2.24, 2.45) is 0 Å². The lowest BCUT2D eigenvalue weighted by Gasteiger charge is -2.32.